The number of hydrogen-bond donors (Lipinski definition) is 0. The molecule has 0 bridgehead atoms. The van der Waals surface area contributed by atoms with E-state index < -0.39 is 5.92 Å². The maximum Gasteiger partial charge on any atom is 0.186 e. The first kappa shape index (κ1) is 13.5. The van der Waals surface area contributed by atoms with Crippen LogP contribution >= 0.6 is 43.2 Å². The van der Waals surface area contributed by atoms with Crippen LogP contribution in [0.15, 0.2) is 44.7 Å². The van der Waals surface area contributed by atoms with Gasteiger partial charge in [-0.15, -0.1) is 11.3 Å². The van der Waals surface area contributed by atoms with Gasteiger partial charge in [0.1, 0.15) is 5.92 Å². The molecule has 0 fully saturated rings. The number of carbonyl (C=O) groups is 1. The Morgan fingerprint density at radius 1 is 1.33 bits per heavy atom. The lowest BCUT2D eigenvalue weighted by atomic mass is 9.97. The van der Waals surface area contributed by atoms with Crippen LogP contribution < -0.4 is 0 Å². The zero-order valence-corrected chi connectivity index (χ0v) is 13.0. The summed E-state index contributed by atoms with van der Waals surface area (Å²) in [6, 6.07) is 11.1. The van der Waals surface area contributed by atoms with Crippen molar-refractivity contribution in [3.05, 3.63) is 55.1 Å². The van der Waals surface area contributed by atoms with Crippen molar-refractivity contribution in [3.63, 3.8) is 0 Å². The average Bonchev–Trinajstić information content (AvgIpc) is 2.87. The molecule has 0 aliphatic carbocycles. The SMILES string of the molecule is N#CC(C(=O)c1cc(Br)ccc1Br)c1cccs1. The van der Waals surface area contributed by atoms with E-state index in [2.05, 4.69) is 37.9 Å². The molecule has 0 radical (unpaired) electrons. The monoisotopic (exact) mass is 383 g/mol. The minimum atomic E-state index is -0.740. The zero-order valence-electron chi connectivity index (χ0n) is 9.06. The molecule has 18 heavy (non-hydrogen) atoms. The summed E-state index contributed by atoms with van der Waals surface area (Å²) in [5, 5.41) is 11.1. The summed E-state index contributed by atoms with van der Waals surface area (Å²) in [4.78, 5) is 13.2. The van der Waals surface area contributed by atoms with Crippen molar-refractivity contribution in [3.8, 4) is 6.07 Å². The van der Waals surface area contributed by atoms with Crippen LogP contribution in [0.25, 0.3) is 0 Å². The molecule has 1 atom stereocenters. The molecule has 2 rings (SSSR count). The molecule has 90 valence electrons. The molecular formula is C13H7Br2NOS. The van der Waals surface area contributed by atoms with Gasteiger partial charge in [0.15, 0.2) is 5.78 Å². The fourth-order valence-electron chi connectivity index (χ4n) is 1.55. The molecule has 0 amide bonds. The number of hydrogen-bond acceptors (Lipinski definition) is 3. The minimum Gasteiger partial charge on any atom is -0.292 e. The standard InChI is InChI=1S/C13H7Br2NOS/c14-8-3-4-11(15)9(6-8)13(17)10(7-16)12-2-1-5-18-12/h1-6,10H. The molecule has 0 saturated heterocycles. The first-order valence-electron chi connectivity index (χ1n) is 5.05. The van der Waals surface area contributed by atoms with E-state index in [1.54, 1.807) is 12.1 Å². The van der Waals surface area contributed by atoms with Crippen LogP contribution in [0.2, 0.25) is 0 Å². The van der Waals surface area contributed by atoms with E-state index in [1.807, 2.05) is 23.6 Å². The summed E-state index contributed by atoms with van der Waals surface area (Å²) in [6.07, 6.45) is 0. The Bertz CT molecular complexity index is 616. The lowest BCUT2D eigenvalue weighted by molar-refractivity contribution is 0.0979. The van der Waals surface area contributed by atoms with Crippen LogP contribution in [-0.2, 0) is 0 Å². The topological polar surface area (TPSA) is 40.9 Å². The van der Waals surface area contributed by atoms with Gasteiger partial charge in [-0.05, 0) is 29.6 Å². The summed E-state index contributed by atoms with van der Waals surface area (Å²) < 4.78 is 1.52. The Morgan fingerprint density at radius 3 is 2.72 bits per heavy atom. The number of halogens is 2. The number of nitriles is 1. The van der Waals surface area contributed by atoms with E-state index in [4.69, 9.17) is 0 Å². The van der Waals surface area contributed by atoms with Gasteiger partial charge in [-0.2, -0.15) is 5.26 Å². The molecule has 0 aliphatic rings. The van der Waals surface area contributed by atoms with Crippen LogP contribution in [0.5, 0.6) is 0 Å². The van der Waals surface area contributed by atoms with Gasteiger partial charge in [-0.3, -0.25) is 4.79 Å². The van der Waals surface area contributed by atoms with Gasteiger partial charge in [0.05, 0.1) is 6.07 Å². The third-order valence-electron chi connectivity index (χ3n) is 2.41. The highest BCUT2D eigenvalue weighted by Gasteiger charge is 2.24. The summed E-state index contributed by atoms with van der Waals surface area (Å²) >= 11 is 8.09. The smallest absolute Gasteiger partial charge is 0.186 e. The molecule has 5 heteroatoms. The second-order valence-corrected chi connectivity index (χ2v) is 6.32. The highest BCUT2D eigenvalue weighted by Crippen LogP contribution is 2.29. The van der Waals surface area contributed by atoms with Crippen molar-refractivity contribution in [2.45, 2.75) is 5.92 Å². The number of thiophene rings is 1. The zero-order chi connectivity index (χ0) is 13.1. The summed E-state index contributed by atoms with van der Waals surface area (Å²) in [5.41, 5.74) is 0.518. The number of benzene rings is 1. The van der Waals surface area contributed by atoms with Crippen molar-refractivity contribution in [1.29, 1.82) is 5.26 Å². The van der Waals surface area contributed by atoms with E-state index in [-0.39, 0.29) is 5.78 Å². The molecule has 1 aromatic carbocycles. The normalized spacial score (nSPS) is 11.8. The van der Waals surface area contributed by atoms with Crippen LogP contribution in [0.4, 0.5) is 0 Å². The van der Waals surface area contributed by atoms with Crippen LogP contribution in [-0.4, -0.2) is 5.78 Å². The molecule has 0 aliphatic heterocycles. The fraction of sp³-hybridized carbons (Fsp3) is 0.0769. The van der Waals surface area contributed by atoms with E-state index in [1.165, 1.54) is 11.3 Å². The third kappa shape index (κ3) is 2.72. The van der Waals surface area contributed by atoms with E-state index in [9.17, 15) is 10.1 Å². The lowest BCUT2D eigenvalue weighted by Gasteiger charge is -2.08. The Labute approximate surface area is 126 Å². The molecular weight excluding hydrogens is 378 g/mol. The number of nitrogens with zero attached hydrogens (tertiary/aromatic N) is 1. The predicted octanol–water partition coefficient (Wildman–Crippen LogP) is 4.76. The van der Waals surface area contributed by atoms with E-state index in [0.29, 0.717) is 10.0 Å². The lowest BCUT2D eigenvalue weighted by Crippen LogP contribution is -2.10. The first-order chi connectivity index (χ1) is 8.63. The van der Waals surface area contributed by atoms with Gasteiger partial charge in [-0.1, -0.05) is 37.9 Å². The van der Waals surface area contributed by atoms with E-state index in [0.717, 1.165) is 9.35 Å². The predicted molar refractivity (Wildman–Crippen MR) is 78.8 cm³/mol. The highest BCUT2D eigenvalue weighted by molar-refractivity contribution is 9.11. The van der Waals surface area contributed by atoms with Gasteiger partial charge < -0.3 is 0 Å². The number of Topliss-reactive ketones (excluding diaryl/α,β-unsaturated/α-hetero) is 1. The first-order valence-corrected chi connectivity index (χ1v) is 7.52. The molecule has 1 heterocycles. The largest absolute Gasteiger partial charge is 0.292 e. The Morgan fingerprint density at radius 2 is 2.11 bits per heavy atom. The van der Waals surface area contributed by atoms with Gasteiger partial charge in [0.2, 0.25) is 0 Å². The van der Waals surface area contributed by atoms with Gasteiger partial charge in [0.25, 0.3) is 0 Å². The summed E-state index contributed by atoms with van der Waals surface area (Å²) in [7, 11) is 0. The summed E-state index contributed by atoms with van der Waals surface area (Å²) in [6.45, 7) is 0. The van der Waals surface area contributed by atoms with Crippen molar-refractivity contribution in [2.24, 2.45) is 0 Å². The maximum absolute atomic E-state index is 12.4. The van der Waals surface area contributed by atoms with Crippen molar-refractivity contribution in [2.75, 3.05) is 0 Å². The second kappa shape index (κ2) is 5.79. The average molecular weight is 385 g/mol. The molecule has 1 aromatic heterocycles. The minimum absolute atomic E-state index is 0.187. The highest BCUT2D eigenvalue weighted by atomic mass is 79.9. The van der Waals surface area contributed by atoms with Crippen LogP contribution in [0.3, 0.4) is 0 Å². The molecule has 0 spiro atoms. The van der Waals surface area contributed by atoms with Gasteiger partial charge >= 0.3 is 0 Å². The molecule has 1 unspecified atom stereocenters. The van der Waals surface area contributed by atoms with E-state index >= 15 is 0 Å². The maximum atomic E-state index is 12.4. The molecule has 0 N–H and O–H groups in total. The van der Waals surface area contributed by atoms with Crippen molar-refractivity contribution >= 4 is 49.0 Å². The Balaban J connectivity index is 2.42. The second-order valence-electron chi connectivity index (χ2n) is 3.57. The number of ketones is 1. The van der Waals surface area contributed by atoms with Crippen LogP contribution in [0.1, 0.15) is 21.2 Å². The quantitative estimate of drug-likeness (QED) is 0.715. The number of rotatable bonds is 3. The van der Waals surface area contributed by atoms with Gasteiger partial charge in [-0.25, -0.2) is 0 Å². The summed E-state index contributed by atoms with van der Waals surface area (Å²) in [5.74, 6) is -0.927. The molecule has 0 saturated carbocycles. The fourth-order valence-corrected chi connectivity index (χ4v) is 3.12. The van der Waals surface area contributed by atoms with Gasteiger partial charge in [0, 0.05) is 19.4 Å². The molecule has 2 nitrogen and oxygen atoms in total. The Hall–Kier alpha value is -0.960. The van der Waals surface area contributed by atoms with Crippen LogP contribution in [0, 0.1) is 11.3 Å². The van der Waals surface area contributed by atoms with Crippen molar-refractivity contribution < 1.29 is 4.79 Å². The van der Waals surface area contributed by atoms with Crippen molar-refractivity contribution in [1.82, 2.24) is 0 Å². The number of carbonyl (C=O) groups excluding carboxylic acids is 1. The Kier molecular flexibility index (Phi) is 4.33. The molecule has 2 aromatic rings. The third-order valence-corrected chi connectivity index (χ3v) is 4.53.